The van der Waals surface area contributed by atoms with Crippen LogP contribution in [-0.4, -0.2) is 43.9 Å². The molecule has 0 radical (unpaired) electrons. The number of primary amides is 1. The average Bonchev–Trinajstić information content (AvgIpc) is 3.02. The van der Waals surface area contributed by atoms with E-state index in [1.54, 1.807) is 4.57 Å². The fraction of sp³-hybridized carbons (Fsp3) is 0.286. The Bertz CT molecular complexity index is 1060. The van der Waals surface area contributed by atoms with Crippen LogP contribution < -0.4 is 10.5 Å². The number of nitrogens with two attached hydrogens (primary N) is 1. The Morgan fingerprint density at radius 3 is 2.57 bits per heavy atom. The number of allylic oxidation sites excluding steroid dienone is 6. The SMILES string of the molecule is C\C=C/C=C\C=C(/C)Cn1c(CC)c(C(=O)C(N)=O)c2c(OCC(=O)O)ncnc21. The van der Waals surface area contributed by atoms with E-state index in [1.807, 2.05) is 51.2 Å². The van der Waals surface area contributed by atoms with Crippen molar-refractivity contribution in [1.82, 2.24) is 14.5 Å². The third-order valence-corrected chi connectivity index (χ3v) is 4.23. The molecule has 2 aromatic heterocycles. The van der Waals surface area contributed by atoms with E-state index >= 15 is 0 Å². The monoisotopic (exact) mass is 412 g/mol. The first kappa shape index (κ1) is 22.5. The molecule has 30 heavy (non-hydrogen) atoms. The molecule has 2 heterocycles. The van der Waals surface area contributed by atoms with Crippen LogP contribution in [0.2, 0.25) is 0 Å². The van der Waals surface area contributed by atoms with Gasteiger partial charge in [0.05, 0.1) is 10.9 Å². The number of amides is 1. The number of fused-ring (bicyclic) bond motifs is 1. The molecule has 0 aliphatic carbocycles. The first-order valence-electron chi connectivity index (χ1n) is 9.31. The lowest BCUT2D eigenvalue weighted by Gasteiger charge is -2.10. The van der Waals surface area contributed by atoms with Gasteiger partial charge in [-0.1, -0.05) is 42.9 Å². The molecule has 9 heteroatoms. The van der Waals surface area contributed by atoms with Crippen LogP contribution >= 0.6 is 0 Å². The smallest absolute Gasteiger partial charge is 0.341 e. The van der Waals surface area contributed by atoms with Gasteiger partial charge in [-0.2, -0.15) is 0 Å². The summed E-state index contributed by atoms with van der Waals surface area (Å²) in [7, 11) is 0. The Morgan fingerprint density at radius 1 is 1.23 bits per heavy atom. The van der Waals surface area contributed by atoms with Crippen LogP contribution in [0.5, 0.6) is 5.88 Å². The number of aliphatic carboxylic acids is 1. The molecule has 158 valence electrons. The second kappa shape index (κ2) is 10.1. The van der Waals surface area contributed by atoms with E-state index in [0.717, 1.165) is 5.57 Å². The van der Waals surface area contributed by atoms with Gasteiger partial charge in [0.1, 0.15) is 12.0 Å². The van der Waals surface area contributed by atoms with Crippen molar-refractivity contribution >= 4 is 28.7 Å². The van der Waals surface area contributed by atoms with Crippen molar-refractivity contribution in [2.24, 2.45) is 5.73 Å². The molecular weight excluding hydrogens is 388 g/mol. The molecule has 0 fully saturated rings. The van der Waals surface area contributed by atoms with Crippen molar-refractivity contribution in [3.8, 4) is 5.88 Å². The van der Waals surface area contributed by atoms with Crippen molar-refractivity contribution in [1.29, 1.82) is 0 Å². The van der Waals surface area contributed by atoms with Crippen LogP contribution in [0, 0.1) is 0 Å². The molecule has 0 aromatic carbocycles. The van der Waals surface area contributed by atoms with Gasteiger partial charge in [0.25, 0.3) is 11.7 Å². The number of rotatable bonds is 10. The molecule has 0 unspecified atom stereocenters. The average molecular weight is 412 g/mol. The highest BCUT2D eigenvalue weighted by atomic mass is 16.5. The maximum atomic E-state index is 12.6. The quantitative estimate of drug-likeness (QED) is 0.347. The normalized spacial score (nSPS) is 12.2. The zero-order chi connectivity index (χ0) is 22.3. The zero-order valence-corrected chi connectivity index (χ0v) is 17.1. The molecule has 2 rings (SSSR count). The summed E-state index contributed by atoms with van der Waals surface area (Å²) < 4.78 is 7.05. The first-order valence-corrected chi connectivity index (χ1v) is 9.31. The van der Waals surface area contributed by atoms with E-state index in [0.29, 0.717) is 24.3 Å². The van der Waals surface area contributed by atoms with Crippen LogP contribution in [0.3, 0.4) is 0 Å². The fourth-order valence-electron chi connectivity index (χ4n) is 3.03. The van der Waals surface area contributed by atoms with Gasteiger partial charge in [-0.25, -0.2) is 14.8 Å². The summed E-state index contributed by atoms with van der Waals surface area (Å²) in [6.07, 6.45) is 11.1. The summed E-state index contributed by atoms with van der Waals surface area (Å²) in [5.41, 5.74) is 7.16. The molecule has 0 bridgehead atoms. The van der Waals surface area contributed by atoms with Gasteiger partial charge in [0.2, 0.25) is 5.88 Å². The molecular formula is C21H24N4O5. The molecule has 0 aliphatic heterocycles. The van der Waals surface area contributed by atoms with Gasteiger partial charge < -0.3 is 20.1 Å². The van der Waals surface area contributed by atoms with E-state index < -0.39 is 24.3 Å². The fourth-order valence-corrected chi connectivity index (χ4v) is 3.03. The lowest BCUT2D eigenvalue weighted by atomic mass is 10.1. The minimum absolute atomic E-state index is 0.0400. The summed E-state index contributed by atoms with van der Waals surface area (Å²) >= 11 is 0. The van der Waals surface area contributed by atoms with Gasteiger partial charge in [-0.05, 0) is 20.3 Å². The minimum atomic E-state index is -1.20. The van der Waals surface area contributed by atoms with E-state index in [-0.39, 0.29) is 16.8 Å². The number of carboxylic acid groups (broad SMARTS) is 1. The van der Waals surface area contributed by atoms with Crippen LogP contribution in [0.15, 0.2) is 42.3 Å². The summed E-state index contributed by atoms with van der Waals surface area (Å²) in [4.78, 5) is 43.5. The lowest BCUT2D eigenvalue weighted by molar-refractivity contribution is -0.139. The molecule has 3 N–H and O–H groups in total. The van der Waals surface area contributed by atoms with Gasteiger partial charge in [-0.15, -0.1) is 0 Å². The van der Waals surface area contributed by atoms with Crippen LogP contribution in [0.1, 0.15) is 36.8 Å². The molecule has 1 amide bonds. The number of hydrogen-bond donors (Lipinski definition) is 2. The number of carbonyl (C=O) groups excluding carboxylic acids is 2. The Labute approximate surface area is 173 Å². The second-order valence-electron chi connectivity index (χ2n) is 6.44. The van der Waals surface area contributed by atoms with Gasteiger partial charge in [-0.3, -0.25) is 9.59 Å². The Kier molecular flexibility index (Phi) is 7.62. The molecule has 0 atom stereocenters. The molecule has 2 aromatic rings. The van der Waals surface area contributed by atoms with Crippen LogP contribution in [-0.2, 0) is 22.6 Å². The van der Waals surface area contributed by atoms with Crippen LogP contribution in [0.25, 0.3) is 11.0 Å². The van der Waals surface area contributed by atoms with Crippen molar-refractivity contribution in [3.63, 3.8) is 0 Å². The van der Waals surface area contributed by atoms with Crippen molar-refractivity contribution in [3.05, 3.63) is 53.5 Å². The summed E-state index contributed by atoms with van der Waals surface area (Å²) in [5, 5.41) is 9.10. The molecule has 0 saturated carbocycles. The molecule has 0 spiro atoms. The Morgan fingerprint density at radius 2 is 1.97 bits per heavy atom. The van der Waals surface area contributed by atoms with Crippen molar-refractivity contribution < 1.29 is 24.2 Å². The van der Waals surface area contributed by atoms with E-state index in [2.05, 4.69) is 9.97 Å². The topological polar surface area (TPSA) is 137 Å². The van der Waals surface area contributed by atoms with Crippen LogP contribution in [0.4, 0.5) is 0 Å². The number of carboxylic acids is 1. The highest BCUT2D eigenvalue weighted by Crippen LogP contribution is 2.32. The van der Waals surface area contributed by atoms with Crippen molar-refractivity contribution in [2.45, 2.75) is 33.7 Å². The summed E-state index contributed by atoms with van der Waals surface area (Å²) in [5.74, 6) is -3.32. The van der Waals surface area contributed by atoms with Gasteiger partial charge in [0.15, 0.2) is 6.61 Å². The number of carbonyl (C=O) groups is 3. The van der Waals surface area contributed by atoms with Crippen molar-refractivity contribution in [2.75, 3.05) is 6.61 Å². The summed E-state index contributed by atoms with van der Waals surface area (Å²) in [6.45, 7) is 5.41. The van der Waals surface area contributed by atoms with E-state index in [9.17, 15) is 14.4 Å². The van der Waals surface area contributed by atoms with Gasteiger partial charge in [0, 0.05) is 12.2 Å². The number of aromatic nitrogens is 3. The number of hydrogen-bond acceptors (Lipinski definition) is 6. The summed E-state index contributed by atoms with van der Waals surface area (Å²) in [6, 6.07) is 0. The predicted octanol–water partition coefficient (Wildman–Crippen LogP) is 2.20. The van der Waals surface area contributed by atoms with E-state index in [4.69, 9.17) is 15.6 Å². The second-order valence-corrected chi connectivity index (χ2v) is 6.44. The Hall–Kier alpha value is -3.75. The maximum Gasteiger partial charge on any atom is 0.341 e. The minimum Gasteiger partial charge on any atom is -0.479 e. The third kappa shape index (κ3) is 4.99. The molecule has 0 aliphatic rings. The highest BCUT2D eigenvalue weighted by Gasteiger charge is 2.28. The standard InChI is InChI=1S/C21H24N4O5/c1-4-6-7-8-9-13(3)10-25-14(5-2)16(18(28)19(22)29)17-20(25)23-12-24-21(17)30-11-15(26)27/h4,6-9,12H,5,10-11H2,1-3H3,(H2,22,29)(H,26,27)/b6-4-,8-7-,13-9+. The number of ketones is 1. The largest absolute Gasteiger partial charge is 0.479 e. The molecule has 0 saturated heterocycles. The third-order valence-electron chi connectivity index (χ3n) is 4.23. The lowest BCUT2D eigenvalue weighted by Crippen LogP contribution is -2.24. The maximum absolute atomic E-state index is 12.6. The number of Topliss-reactive ketones (excluding diaryl/α,β-unsaturated/α-hetero) is 1. The predicted molar refractivity (Wildman–Crippen MR) is 111 cm³/mol. The van der Waals surface area contributed by atoms with E-state index in [1.165, 1.54) is 6.33 Å². The first-order chi connectivity index (χ1) is 14.3. The van der Waals surface area contributed by atoms with Gasteiger partial charge >= 0.3 is 5.97 Å². The number of nitrogens with zero attached hydrogens (tertiary/aromatic N) is 3. The molecule has 9 nitrogen and oxygen atoms in total. The highest BCUT2D eigenvalue weighted by molar-refractivity contribution is 6.45. The zero-order valence-electron chi connectivity index (χ0n) is 17.1. The Balaban J connectivity index is 2.70. The number of ether oxygens (including phenoxy) is 1.